The van der Waals surface area contributed by atoms with Crippen LogP contribution in [0.25, 0.3) is 10.2 Å². The highest BCUT2D eigenvalue weighted by Crippen LogP contribution is 2.41. The predicted octanol–water partition coefficient (Wildman–Crippen LogP) is 4.88. The van der Waals surface area contributed by atoms with Crippen molar-refractivity contribution in [1.29, 1.82) is 0 Å². The fourth-order valence-electron chi connectivity index (χ4n) is 5.25. The second-order valence-corrected chi connectivity index (χ2v) is 10.6. The van der Waals surface area contributed by atoms with Gasteiger partial charge in [0.25, 0.3) is 5.91 Å². The number of fused-ring (bicyclic) bond motifs is 2. The van der Waals surface area contributed by atoms with Crippen LogP contribution >= 0.6 is 11.3 Å². The van der Waals surface area contributed by atoms with Gasteiger partial charge in [-0.1, -0.05) is 31.4 Å². The Bertz CT molecular complexity index is 1250. The van der Waals surface area contributed by atoms with Crippen molar-refractivity contribution in [2.45, 2.75) is 51.9 Å². The van der Waals surface area contributed by atoms with Crippen molar-refractivity contribution in [1.82, 2.24) is 4.98 Å². The van der Waals surface area contributed by atoms with Crippen molar-refractivity contribution in [2.75, 3.05) is 23.4 Å². The summed E-state index contributed by atoms with van der Waals surface area (Å²) in [5.41, 5.74) is 2.86. The summed E-state index contributed by atoms with van der Waals surface area (Å²) >= 11 is 1.62. The number of carbonyl (C=O) groups excluding carboxylic acids is 3. The minimum absolute atomic E-state index is 0.00920. The van der Waals surface area contributed by atoms with Gasteiger partial charge in [0.15, 0.2) is 6.61 Å². The van der Waals surface area contributed by atoms with Crippen molar-refractivity contribution in [3.63, 3.8) is 0 Å². The third-order valence-corrected chi connectivity index (χ3v) is 8.08. The van der Waals surface area contributed by atoms with Crippen molar-refractivity contribution in [3.8, 4) is 0 Å². The minimum Gasteiger partial charge on any atom is -0.455 e. The Hall–Kier alpha value is -3.26. The lowest BCUT2D eigenvalue weighted by molar-refractivity contribution is -0.160. The van der Waals surface area contributed by atoms with E-state index in [0.29, 0.717) is 18.7 Å². The molecule has 2 aromatic carbocycles. The number of carbonyl (C=O) groups is 3. The van der Waals surface area contributed by atoms with Gasteiger partial charge in [-0.3, -0.25) is 14.4 Å². The van der Waals surface area contributed by atoms with Crippen LogP contribution in [0, 0.1) is 5.41 Å². The average Bonchev–Trinajstić information content (AvgIpc) is 3.46. The van der Waals surface area contributed by atoms with Gasteiger partial charge in [-0.05, 0) is 55.2 Å². The molecule has 0 atom stereocenters. The molecule has 2 amide bonds. The van der Waals surface area contributed by atoms with E-state index in [4.69, 9.17) is 9.72 Å². The van der Waals surface area contributed by atoms with E-state index < -0.39 is 5.41 Å². The van der Waals surface area contributed by atoms with Crippen LogP contribution < -0.4 is 10.2 Å². The summed E-state index contributed by atoms with van der Waals surface area (Å²) in [6.07, 6.45) is 5.85. The van der Waals surface area contributed by atoms with Crippen LogP contribution in [0.5, 0.6) is 0 Å². The number of nitrogens with one attached hydrogen (secondary N) is 1. The van der Waals surface area contributed by atoms with Gasteiger partial charge in [0.1, 0.15) is 0 Å². The second-order valence-electron chi connectivity index (χ2n) is 9.48. The number of hydrogen-bond acceptors (Lipinski definition) is 6. The molecule has 0 unspecified atom stereocenters. The topological polar surface area (TPSA) is 88.6 Å². The van der Waals surface area contributed by atoms with Crippen LogP contribution in [-0.4, -0.2) is 35.9 Å². The summed E-state index contributed by atoms with van der Waals surface area (Å²) < 4.78 is 6.69. The van der Waals surface area contributed by atoms with Crippen LogP contribution in [0.3, 0.4) is 0 Å². The smallest absolute Gasteiger partial charge is 0.313 e. The molecule has 2 heterocycles. The van der Waals surface area contributed by atoms with Gasteiger partial charge >= 0.3 is 5.97 Å². The number of aromatic nitrogens is 1. The summed E-state index contributed by atoms with van der Waals surface area (Å²) in [6, 6.07) is 13.5. The molecule has 3 aromatic rings. The summed E-state index contributed by atoms with van der Waals surface area (Å²) in [6.45, 7) is 1.88. The highest BCUT2D eigenvalue weighted by atomic mass is 32.1. The maximum atomic E-state index is 13.3. The van der Waals surface area contributed by atoms with Gasteiger partial charge < -0.3 is 15.0 Å². The highest BCUT2D eigenvalue weighted by molar-refractivity contribution is 7.18. The number of para-hydroxylation sites is 1. The number of anilines is 2. The average molecular weight is 492 g/mol. The van der Waals surface area contributed by atoms with E-state index in [1.165, 1.54) is 0 Å². The Kier molecular flexibility index (Phi) is 6.56. The van der Waals surface area contributed by atoms with Crippen LogP contribution in [0.4, 0.5) is 11.4 Å². The third kappa shape index (κ3) is 4.93. The predicted molar refractivity (Wildman–Crippen MR) is 137 cm³/mol. The van der Waals surface area contributed by atoms with Crippen LogP contribution in [0.1, 0.15) is 49.6 Å². The fraction of sp³-hybridized carbons (Fsp3) is 0.407. The first-order valence-corrected chi connectivity index (χ1v) is 13.0. The number of benzene rings is 2. The van der Waals surface area contributed by atoms with Crippen molar-refractivity contribution in [3.05, 3.63) is 53.0 Å². The molecule has 0 saturated heterocycles. The monoisotopic (exact) mass is 491 g/mol. The highest BCUT2D eigenvalue weighted by Gasteiger charge is 2.42. The maximum absolute atomic E-state index is 13.3. The van der Waals surface area contributed by atoms with Crippen LogP contribution in [0.2, 0.25) is 0 Å². The van der Waals surface area contributed by atoms with Gasteiger partial charge in [0.05, 0.1) is 20.6 Å². The number of ether oxygens (including phenoxy) is 1. The molecule has 1 aliphatic heterocycles. The number of esters is 1. The number of hydrogen-bond donors (Lipinski definition) is 1. The maximum Gasteiger partial charge on any atom is 0.313 e. The van der Waals surface area contributed by atoms with E-state index in [2.05, 4.69) is 5.32 Å². The molecule has 0 spiro atoms. The van der Waals surface area contributed by atoms with E-state index in [-0.39, 0.29) is 24.4 Å². The Balaban J connectivity index is 1.23. The van der Waals surface area contributed by atoms with Gasteiger partial charge in [0.2, 0.25) is 5.91 Å². The fourth-order valence-corrected chi connectivity index (χ4v) is 6.37. The number of rotatable bonds is 6. The molecule has 1 aromatic heterocycles. The zero-order valence-electron chi connectivity index (χ0n) is 19.8. The minimum atomic E-state index is -0.629. The molecule has 7 nitrogen and oxygen atoms in total. The summed E-state index contributed by atoms with van der Waals surface area (Å²) in [5, 5.41) is 3.76. The Labute approximate surface area is 208 Å². The molecular formula is C27H29N3O4S. The molecule has 0 radical (unpaired) electrons. The number of nitrogens with zero attached hydrogens (tertiary/aromatic N) is 2. The number of amides is 2. The van der Waals surface area contributed by atoms with Crippen molar-refractivity contribution in [2.24, 2.45) is 5.41 Å². The SMILES string of the molecule is CC(=O)N1CCc2cc(NC(=O)COC(=O)C3(Cc4nc5ccccc5s4)CCCCC3)ccc21. The van der Waals surface area contributed by atoms with E-state index in [0.717, 1.165) is 65.0 Å². The molecule has 1 N–H and O–H groups in total. The summed E-state index contributed by atoms with van der Waals surface area (Å²) in [5.74, 6) is -0.668. The van der Waals surface area contributed by atoms with Crippen LogP contribution in [-0.2, 0) is 32.0 Å². The van der Waals surface area contributed by atoms with Crippen LogP contribution in [0.15, 0.2) is 42.5 Å². The molecule has 2 aliphatic rings. The van der Waals surface area contributed by atoms with Gasteiger partial charge in [0, 0.05) is 31.3 Å². The molecule has 1 aliphatic carbocycles. The van der Waals surface area contributed by atoms with E-state index >= 15 is 0 Å². The van der Waals surface area contributed by atoms with E-state index in [1.54, 1.807) is 29.2 Å². The normalized spacial score (nSPS) is 16.7. The first kappa shape index (κ1) is 23.5. The summed E-state index contributed by atoms with van der Waals surface area (Å²) in [4.78, 5) is 44.1. The third-order valence-electron chi connectivity index (χ3n) is 7.04. The van der Waals surface area contributed by atoms with E-state index in [1.807, 2.05) is 36.4 Å². The molecular weight excluding hydrogens is 462 g/mol. The van der Waals surface area contributed by atoms with Crippen molar-refractivity contribution >= 4 is 50.7 Å². The molecule has 35 heavy (non-hydrogen) atoms. The first-order valence-electron chi connectivity index (χ1n) is 12.2. The van der Waals surface area contributed by atoms with E-state index in [9.17, 15) is 14.4 Å². The second kappa shape index (κ2) is 9.77. The molecule has 5 rings (SSSR count). The molecule has 0 bridgehead atoms. The van der Waals surface area contributed by atoms with Gasteiger partial charge in [-0.25, -0.2) is 4.98 Å². The standard InChI is InChI=1S/C27H29N3O4S/c1-18(31)30-14-11-19-15-20(9-10-22(19)30)28-24(32)17-34-26(33)27(12-5-2-6-13-27)16-25-29-21-7-3-4-8-23(21)35-25/h3-4,7-10,15H,2,5-6,11-14,16-17H2,1H3,(H,28,32). The largest absolute Gasteiger partial charge is 0.455 e. The first-order chi connectivity index (χ1) is 16.9. The zero-order valence-corrected chi connectivity index (χ0v) is 20.7. The Morgan fingerprint density at radius 3 is 2.69 bits per heavy atom. The summed E-state index contributed by atoms with van der Waals surface area (Å²) in [7, 11) is 0. The molecule has 1 fully saturated rings. The van der Waals surface area contributed by atoms with Crippen molar-refractivity contribution < 1.29 is 19.1 Å². The molecule has 1 saturated carbocycles. The zero-order chi connectivity index (χ0) is 24.4. The lowest BCUT2D eigenvalue weighted by atomic mass is 9.72. The molecule has 8 heteroatoms. The Morgan fingerprint density at radius 2 is 1.91 bits per heavy atom. The Morgan fingerprint density at radius 1 is 1.11 bits per heavy atom. The number of thiazole rings is 1. The quantitative estimate of drug-likeness (QED) is 0.497. The lowest BCUT2D eigenvalue weighted by Crippen LogP contribution is -2.38. The molecule has 182 valence electrons. The van der Waals surface area contributed by atoms with Gasteiger partial charge in [-0.15, -0.1) is 11.3 Å². The lowest BCUT2D eigenvalue weighted by Gasteiger charge is -2.34. The van der Waals surface area contributed by atoms with Gasteiger partial charge in [-0.2, -0.15) is 0 Å².